The summed E-state index contributed by atoms with van der Waals surface area (Å²) in [4.78, 5) is 27.0. The van der Waals surface area contributed by atoms with Crippen LogP contribution in [-0.2, 0) is 22.6 Å². The zero-order valence-corrected chi connectivity index (χ0v) is 16.3. The fraction of sp³-hybridized carbons (Fsp3) is 0.364. The Morgan fingerprint density at radius 3 is 2.57 bits per heavy atom. The first-order chi connectivity index (χ1) is 13.6. The van der Waals surface area contributed by atoms with Crippen LogP contribution in [0.25, 0.3) is 0 Å². The minimum Gasteiger partial charge on any atom is -0.454 e. The molecule has 1 atom stereocenters. The monoisotopic (exact) mass is 382 g/mol. The van der Waals surface area contributed by atoms with E-state index in [0.717, 1.165) is 16.9 Å². The van der Waals surface area contributed by atoms with E-state index in [1.165, 1.54) is 0 Å². The van der Waals surface area contributed by atoms with Gasteiger partial charge in [0.2, 0.25) is 18.6 Å². The van der Waals surface area contributed by atoms with Crippen molar-refractivity contribution in [3.63, 3.8) is 0 Å². The molecule has 0 saturated carbocycles. The van der Waals surface area contributed by atoms with Crippen molar-refractivity contribution in [2.45, 2.75) is 39.3 Å². The van der Waals surface area contributed by atoms with E-state index in [4.69, 9.17) is 9.47 Å². The largest absolute Gasteiger partial charge is 0.454 e. The standard InChI is InChI=1S/C22H26N2O4/c1-3-23-22(26)16(2)24(14-18-7-5-4-6-8-18)21(25)12-10-17-9-11-19-20(13-17)28-15-27-19/h4-9,11,13,16H,3,10,12,14-15H2,1-2H3,(H,23,26)/t16-/m1/s1. The van der Waals surface area contributed by atoms with E-state index >= 15 is 0 Å². The van der Waals surface area contributed by atoms with Crippen LogP contribution in [0.5, 0.6) is 11.5 Å². The molecule has 28 heavy (non-hydrogen) atoms. The lowest BCUT2D eigenvalue weighted by Crippen LogP contribution is -2.47. The number of nitrogens with zero attached hydrogens (tertiary/aromatic N) is 1. The van der Waals surface area contributed by atoms with Gasteiger partial charge in [0.15, 0.2) is 11.5 Å². The summed E-state index contributed by atoms with van der Waals surface area (Å²) in [5.74, 6) is 1.24. The predicted molar refractivity (Wildman–Crippen MR) is 106 cm³/mol. The van der Waals surface area contributed by atoms with Crippen LogP contribution in [0, 0.1) is 0 Å². The summed E-state index contributed by atoms with van der Waals surface area (Å²) in [6.45, 7) is 4.81. The number of benzene rings is 2. The Kier molecular flexibility index (Phi) is 6.53. The zero-order valence-electron chi connectivity index (χ0n) is 16.3. The first-order valence-electron chi connectivity index (χ1n) is 9.58. The number of hydrogen-bond donors (Lipinski definition) is 1. The summed E-state index contributed by atoms with van der Waals surface area (Å²) in [7, 11) is 0. The maximum atomic E-state index is 13.0. The van der Waals surface area contributed by atoms with Gasteiger partial charge in [-0.25, -0.2) is 0 Å². The van der Waals surface area contributed by atoms with Crippen molar-refractivity contribution in [2.24, 2.45) is 0 Å². The smallest absolute Gasteiger partial charge is 0.242 e. The number of hydrogen-bond acceptors (Lipinski definition) is 4. The van der Waals surface area contributed by atoms with Crippen LogP contribution in [0.2, 0.25) is 0 Å². The molecule has 6 nitrogen and oxygen atoms in total. The molecule has 0 unspecified atom stereocenters. The maximum Gasteiger partial charge on any atom is 0.242 e. The van der Waals surface area contributed by atoms with Crippen molar-refractivity contribution in [3.05, 3.63) is 59.7 Å². The first kappa shape index (κ1) is 19.7. The summed E-state index contributed by atoms with van der Waals surface area (Å²) in [6, 6.07) is 14.9. The third-order valence-corrected chi connectivity index (χ3v) is 4.78. The lowest BCUT2D eigenvalue weighted by molar-refractivity contribution is -0.140. The number of nitrogens with one attached hydrogen (secondary N) is 1. The van der Waals surface area contributed by atoms with E-state index < -0.39 is 6.04 Å². The molecule has 2 aromatic rings. The van der Waals surface area contributed by atoms with Crippen molar-refractivity contribution >= 4 is 11.8 Å². The second kappa shape index (κ2) is 9.26. The molecule has 1 N–H and O–H groups in total. The normalized spacial score (nSPS) is 13.1. The van der Waals surface area contributed by atoms with Gasteiger partial charge in [0.05, 0.1) is 0 Å². The number of carbonyl (C=O) groups is 2. The van der Waals surface area contributed by atoms with E-state index in [1.807, 2.05) is 55.5 Å². The molecule has 0 spiro atoms. The topological polar surface area (TPSA) is 67.9 Å². The number of rotatable bonds is 8. The SMILES string of the molecule is CCNC(=O)[C@@H](C)N(Cc1ccccc1)C(=O)CCc1ccc2c(c1)OCO2. The molecule has 0 fully saturated rings. The second-order valence-corrected chi connectivity index (χ2v) is 6.77. The highest BCUT2D eigenvalue weighted by Gasteiger charge is 2.25. The molecule has 148 valence electrons. The quantitative estimate of drug-likeness (QED) is 0.762. The summed E-state index contributed by atoms with van der Waals surface area (Å²) in [5, 5.41) is 2.81. The third kappa shape index (κ3) is 4.82. The predicted octanol–water partition coefficient (Wildman–Crippen LogP) is 2.90. The van der Waals surface area contributed by atoms with Gasteiger partial charge in [-0.3, -0.25) is 9.59 Å². The lowest BCUT2D eigenvalue weighted by atomic mass is 10.1. The molecule has 1 aliphatic rings. The molecule has 0 saturated heterocycles. The minimum absolute atomic E-state index is 0.0553. The Labute approximate surface area is 165 Å². The zero-order chi connectivity index (χ0) is 19.9. The summed E-state index contributed by atoms with van der Waals surface area (Å²) in [5.41, 5.74) is 2.00. The highest BCUT2D eigenvalue weighted by atomic mass is 16.7. The summed E-state index contributed by atoms with van der Waals surface area (Å²) >= 11 is 0. The molecule has 2 amide bonds. The molecule has 0 bridgehead atoms. The van der Waals surface area contributed by atoms with Crippen molar-refractivity contribution in [1.29, 1.82) is 0 Å². The first-order valence-corrected chi connectivity index (χ1v) is 9.58. The molecule has 2 aromatic carbocycles. The third-order valence-electron chi connectivity index (χ3n) is 4.78. The van der Waals surface area contributed by atoms with Crippen LogP contribution in [0.3, 0.4) is 0 Å². The van der Waals surface area contributed by atoms with Gasteiger partial charge < -0.3 is 19.7 Å². The Bertz CT molecular complexity index is 823. The summed E-state index contributed by atoms with van der Waals surface area (Å²) in [6.07, 6.45) is 0.888. The van der Waals surface area contributed by atoms with Gasteiger partial charge in [-0.1, -0.05) is 36.4 Å². The molecular weight excluding hydrogens is 356 g/mol. The van der Waals surface area contributed by atoms with E-state index in [9.17, 15) is 9.59 Å². The molecule has 6 heteroatoms. The number of amides is 2. The maximum absolute atomic E-state index is 13.0. The van der Waals surface area contributed by atoms with Gasteiger partial charge in [-0.2, -0.15) is 0 Å². The van der Waals surface area contributed by atoms with E-state index in [-0.39, 0.29) is 18.6 Å². The number of aryl methyl sites for hydroxylation is 1. The molecular formula is C22H26N2O4. The Hall–Kier alpha value is -3.02. The van der Waals surface area contributed by atoms with Crippen LogP contribution >= 0.6 is 0 Å². The Morgan fingerprint density at radius 2 is 1.82 bits per heavy atom. The fourth-order valence-corrected chi connectivity index (χ4v) is 3.18. The van der Waals surface area contributed by atoms with Crippen LogP contribution in [0.1, 0.15) is 31.4 Å². The van der Waals surface area contributed by atoms with Crippen LogP contribution in [0.15, 0.2) is 48.5 Å². The Morgan fingerprint density at radius 1 is 1.07 bits per heavy atom. The van der Waals surface area contributed by atoms with Gasteiger partial charge in [0.1, 0.15) is 6.04 Å². The van der Waals surface area contributed by atoms with Gasteiger partial charge in [0, 0.05) is 19.5 Å². The van der Waals surface area contributed by atoms with E-state index in [1.54, 1.807) is 11.8 Å². The average Bonchev–Trinajstić information content (AvgIpc) is 3.18. The number of ether oxygens (including phenoxy) is 2. The molecule has 1 heterocycles. The number of carbonyl (C=O) groups excluding carboxylic acids is 2. The van der Waals surface area contributed by atoms with Gasteiger partial charge in [-0.05, 0) is 43.5 Å². The number of fused-ring (bicyclic) bond motifs is 1. The molecule has 0 radical (unpaired) electrons. The van der Waals surface area contributed by atoms with E-state index in [2.05, 4.69) is 5.32 Å². The summed E-state index contributed by atoms with van der Waals surface area (Å²) < 4.78 is 10.7. The highest BCUT2D eigenvalue weighted by molar-refractivity contribution is 5.87. The minimum atomic E-state index is -0.538. The second-order valence-electron chi connectivity index (χ2n) is 6.77. The number of likely N-dealkylation sites (N-methyl/N-ethyl adjacent to an activating group) is 1. The highest BCUT2D eigenvalue weighted by Crippen LogP contribution is 2.32. The van der Waals surface area contributed by atoms with Gasteiger partial charge in [-0.15, -0.1) is 0 Å². The van der Waals surface area contributed by atoms with Gasteiger partial charge >= 0.3 is 0 Å². The van der Waals surface area contributed by atoms with Crippen molar-refractivity contribution < 1.29 is 19.1 Å². The van der Waals surface area contributed by atoms with Crippen molar-refractivity contribution in [1.82, 2.24) is 10.2 Å². The lowest BCUT2D eigenvalue weighted by Gasteiger charge is -2.28. The average molecular weight is 382 g/mol. The fourth-order valence-electron chi connectivity index (χ4n) is 3.18. The van der Waals surface area contributed by atoms with Gasteiger partial charge in [0.25, 0.3) is 0 Å². The molecule has 3 rings (SSSR count). The van der Waals surface area contributed by atoms with Crippen LogP contribution in [-0.4, -0.2) is 36.1 Å². The van der Waals surface area contributed by atoms with Crippen LogP contribution in [0.4, 0.5) is 0 Å². The molecule has 0 aliphatic carbocycles. The van der Waals surface area contributed by atoms with Crippen LogP contribution < -0.4 is 14.8 Å². The van der Waals surface area contributed by atoms with Crippen molar-refractivity contribution in [2.75, 3.05) is 13.3 Å². The Balaban J connectivity index is 1.69. The molecule has 0 aromatic heterocycles. The van der Waals surface area contributed by atoms with E-state index in [0.29, 0.717) is 31.7 Å². The van der Waals surface area contributed by atoms with Crippen molar-refractivity contribution in [3.8, 4) is 11.5 Å². The molecule has 1 aliphatic heterocycles.